The third-order valence-corrected chi connectivity index (χ3v) is 4.87. The van der Waals surface area contributed by atoms with E-state index in [0.29, 0.717) is 5.52 Å². The van der Waals surface area contributed by atoms with Crippen LogP contribution in [0.15, 0.2) is 26.2 Å². The van der Waals surface area contributed by atoms with Crippen molar-refractivity contribution in [2.75, 3.05) is 19.8 Å². The quantitative estimate of drug-likeness (QED) is 0.760. The summed E-state index contributed by atoms with van der Waals surface area (Å²) >= 11 is 5.91. The Morgan fingerprint density at radius 2 is 2.04 bits per heavy atom. The van der Waals surface area contributed by atoms with E-state index in [9.17, 15) is 26.4 Å². The zero-order valence-corrected chi connectivity index (χ0v) is 13.8. The van der Waals surface area contributed by atoms with Gasteiger partial charge in [0.05, 0.1) is 17.1 Å². The highest BCUT2D eigenvalue weighted by molar-refractivity contribution is 7.89. The number of rotatable bonds is 6. The molecule has 0 spiro atoms. The van der Waals surface area contributed by atoms with Crippen molar-refractivity contribution < 1.29 is 30.7 Å². The van der Waals surface area contributed by atoms with E-state index in [4.69, 9.17) is 16.0 Å². The molecule has 0 atom stereocenters. The summed E-state index contributed by atoms with van der Waals surface area (Å²) < 4.78 is 72.4. The molecule has 1 N–H and O–H groups in total. The van der Waals surface area contributed by atoms with Gasteiger partial charge in [0.15, 0.2) is 5.58 Å². The molecule has 12 heteroatoms. The fraction of sp³-hybridized carbons (Fsp3) is 0.417. The van der Waals surface area contributed by atoms with Crippen LogP contribution in [0.3, 0.4) is 0 Å². The van der Waals surface area contributed by atoms with E-state index in [2.05, 4.69) is 9.46 Å². The fourth-order valence-corrected chi connectivity index (χ4v) is 3.40. The minimum absolute atomic E-state index is 0.0144. The standard InChI is InChI=1S/C12H12ClF3N2O5S/c1-18-8-4-7(13)10(5-9(8)23-11(18)19)24(20,21)17-2-3-22-6-12(14,15)16/h4-5,17H,2-3,6H2,1H3. The van der Waals surface area contributed by atoms with Crippen molar-refractivity contribution in [1.29, 1.82) is 0 Å². The van der Waals surface area contributed by atoms with Crippen LogP contribution in [-0.4, -0.2) is 38.9 Å². The Balaban J connectivity index is 2.13. The lowest BCUT2D eigenvalue weighted by Gasteiger charge is -2.10. The molecular formula is C12H12ClF3N2O5S. The highest BCUT2D eigenvalue weighted by Crippen LogP contribution is 2.26. The third-order valence-electron chi connectivity index (χ3n) is 2.94. The fourth-order valence-electron chi connectivity index (χ4n) is 1.85. The molecule has 0 unspecified atom stereocenters. The molecule has 0 aliphatic heterocycles. The monoisotopic (exact) mass is 388 g/mol. The minimum atomic E-state index is -4.49. The Bertz CT molecular complexity index is 904. The Morgan fingerprint density at radius 3 is 2.67 bits per heavy atom. The minimum Gasteiger partial charge on any atom is -0.408 e. The first-order chi connectivity index (χ1) is 11.0. The second kappa shape index (κ2) is 6.75. The molecule has 24 heavy (non-hydrogen) atoms. The molecule has 1 aromatic heterocycles. The van der Waals surface area contributed by atoms with Crippen molar-refractivity contribution in [3.63, 3.8) is 0 Å². The van der Waals surface area contributed by atoms with E-state index >= 15 is 0 Å². The highest BCUT2D eigenvalue weighted by Gasteiger charge is 2.27. The maximum atomic E-state index is 12.1. The van der Waals surface area contributed by atoms with Crippen molar-refractivity contribution in [2.24, 2.45) is 7.05 Å². The number of halogens is 4. The largest absolute Gasteiger partial charge is 0.419 e. The first-order valence-electron chi connectivity index (χ1n) is 6.44. The summed E-state index contributed by atoms with van der Waals surface area (Å²) in [7, 11) is -2.69. The second-order valence-electron chi connectivity index (χ2n) is 4.74. The second-order valence-corrected chi connectivity index (χ2v) is 6.89. The lowest BCUT2D eigenvalue weighted by Crippen LogP contribution is -2.29. The maximum Gasteiger partial charge on any atom is 0.419 e. The molecule has 1 heterocycles. The van der Waals surface area contributed by atoms with Crippen molar-refractivity contribution in [2.45, 2.75) is 11.1 Å². The van der Waals surface area contributed by atoms with Gasteiger partial charge in [0, 0.05) is 19.7 Å². The van der Waals surface area contributed by atoms with Gasteiger partial charge in [-0.1, -0.05) is 11.6 Å². The number of oxazole rings is 1. The van der Waals surface area contributed by atoms with Gasteiger partial charge >= 0.3 is 11.9 Å². The molecule has 2 aromatic rings. The average molecular weight is 389 g/mol. The van der Waals surface area contributed by atoms with E-state index in [1.807, 2.05) is 0 Å². The van der Waals surface area contributed by atoms with Crippen LogP contribution in [0.25, 0.3) is 11.1 Å². The molecule has 0 fully saturated rings. The van der Waals surface area contributed by atoms with E-state index in [1.54, 1.807) is 0 Å². The smallest absolute Gasteiger partial charge is 0.408 e. The summed E-state index contributed by atoms with van der Waals surface area (Å²) in [5.41, 5.74) is 0.318. The van der Waals surface area contributed by atoms with Gasteiger partial charge < -0.3 is 9.15 Å². The van der Waals surface area contributed by atoms with Crippen molar-refractivity contribution >= 4 is 32.7 Å². The van der Waals surface area contributed by atoms with Crippen molar-refractivity contribution in [3.05, 3.63) is 27.7 Å². The number of aryl methyl sites for hydroxylation is 1. The Labute approximate surface area is 139 Å². The van der Waals surface area contributed by atoms with Crippen LogP contribution in [0.4, 0.5) is 13.2 Å². The van der Waals surface area contributed by atoms with Gasteiger partial charge in [-0.15, -0.1) is 0 Å². The van der Waals surface area contributed by atoms with Crippen LogP contribution in [0.2, 0.25) is 5.02 Å². The summed E-state index contributed by atoms with van der Waals surface area (Å²) in [6, 6.07) is 2.31. The number of alkyl halides is 3. The van der Waals surface area contributed by atoms with Crippen LogP contribution in [0.5, 0.6) is 0 Å². The van der Waals surface area contributed by atoms with E-state index in [0.717, 1.165) is 10.6 Å². The summed E-state index contributed by atoms with van der Waals surface area (Å²) in [6.45, 7) is -2.33. The van der Waals surface area contributed by atoms with Gasteiger partial charge in [0.2, 0.25) is 10.0 Å². The predicted octanol–water partition coefficient (Wildman–Crippen LogP) is 1.64. The Kier molecular flexibility index (Phi) is 5.28. The lowest BCUT2D eigenvalue weighted by molar-refractivity contribution is -0.173. The van der Waals surface area contributed by atoms with Crippen LogP contribution in [-0.2, 0) is 21.8 Å². The van der Waals surface area contributed by atoms with Gasteiger partial charge in [0.1, 0.15) is 11.5 Å². The number of nitrogens with one attached hydrogen (secondary N) is 1. The van der Waals surface area contributed by atoms with E-state index < -0.39 is 35.2 Å². The Hall–Kier alpha value is -1.56. The summed E-state index contributed by atoms with van der Waals surface area (Å²) in [5.74, 6) is -0.691. The molecule has 0 saturated heterocycles. The zero-order chi connectivity index (χ0) is 18.1. The third kappa shape index (κ3) is 4.29. The van der Waals surface area contributed by atoms with Crippen LogP contribution >= 0.6 is 11.6 Å². The van der Waals surface area contributed by atoms with Crippen molar-refractivity contribution in [1.82, 2.24) is 9.29 Å². The topological polar surface area (TPSA) is 90.5 Å². The number of benzene rings is 1. The number of ether oxygens (including phenoxy) is 1. The molecule has 0 saturated carbocycles. The van der Waals surface area contributed by atoms with E-state index in [-0.39, 0.29) is 22.0 Å². The molecule has 0 aliphatic carbocycles. The molecular weight excluding hydrogens is 377 g/mol. The van der Waals surface area contributed by atoms with Gasteiger partial charge in [-0.25, -0.2) is 17.9 Å². The molecule has 0 bridgehead atoms. The van der Waals surface area contributed by atoms with E-state index in [1.165, 1.54) is 13.1 Å². The van der Waals surface area contributed by atoms with Gasteiger partial charge in [-0.05, 0) is 6.07 Å². The number of hydrogen-bond donors (Lipinski definition) is 1. The predicted molar refractivity (Wildman–Crippen MR) is 78.5 cm³/mol. The van der Waals surface area contributed by atoms with Crippen molar-refractivity contribution in [3.8, 4) is 0 Å². The lowest BCUT2D eigenvalue weighted by atomic mass is 10.3. The number of hydrogen-bond acceptors (Lipinski definition) is 5. The first kappa shape index (κ1) is 18.8. The molecule has 134 valence electrons. The Morgan fingerprint density at radius 1 is 1.38 bits per heavy atom. The number of sulfonamides is 1. The highest BCUT2D eigenvalue weighted by atomic mass is 35.5. The van der Waals surface area contributed by atoms with Gasteiger partial charge in [-0.3, -0.25) is 4.57 Å². The summed E-state index contributed by atoms with van der Waals surface area (Å²) in [5, 5.41) is -0.164. The normalized spacial score (nSPS) is 12.9. The maximum absolute atomic E-state index is 12.1. The van der Waals surface area contributed by atoms with Crippen LogP contribution in [0.1, 0.15) is 0 Å². The molecule has 0 amide bonds. The van der Waals surface area contributed by atoms with Gasteiger partial charge in [0.25, 0.3) is 0 Å². The molecule has 2 rings (SSSR count). The average Bonchev–Trinajstić information content (AvgIpc) is 2.72. The van der Waals surface area contributed by atoms with Crippen LogP contribution in [0, 0.1) is 0 Å². The zero-order valence-electron chi connectivity index (χ0n) is 12.2. The summed E-state index contributed by atoms with van der Waals surface area (Å²) in [4.78, 5) is 11.1. The van der Waals surface area contributed by atoms with Crippen LogP contribution < -0.4 is 10.5 Å². The summed E-state index contributed by atoms with van der Waals surface area (Å²) in [6.07, 6.45) is -4.49. The first-order valence-corrected chi connectivity index (χ1v) is 8.30. The van der Waals surface area contributed by atoms with Gasteiger partial charge in [-0.2, -0.15) is 13.2 Å². The molecule has 7 nitrogen and oxygen atoms in total. The number of fused-ring (bicyclic) bond motifs is 1. The number of aromatic nitrogens is 1. The SMILES string of the molecule is Cn1c(=O)oc2cc(S(=O)(=O)NCCOCC(F)(F)F)c(Cl)cc21. The molecule has 1 aromatic carbocycles. The molecule has 0 radical (unpaired) electrons. The molecule has 0 aliphatic rings. The number of nitrogens with zero attached hydrogens (tertiary/aromatic N) is 1.